The van der Waals surface area contributed by atoms with E-state index in [2.05, 4.69) is 15.0 Å². The van der Waals surface area contributed by atoms with E-state index in [0.29, 0.717) is 22.4 Å². The Hall–Kier alpha value is -1.19. The number of halogens is 2. The van der Waals surface area contributed by atoms with Crippen LogP contribution in [0.2, 0.25) is 5.02 Å². The van der Waals surface area contributed by atoms with Gasteiger partial charge in [-0.25, -0.2) is 9.97 Å². The molecule has 76 valence electrons. The van der Waals surface area contributed by atoms with Gasteiger partial charge in [-0.3, -0.25) is 4.98 Å². The Morgan fingerprint density at radius 3 is 2.47 bits per heavy atom. The minimum absolute atomic E-state index is 0.399. The highest BCUT2D eigenvalue weighted by molar-refractivity contribution is 6.32. The number of aromatic nitrogens is 3. The van der Waals surface area contributed by atoms with Crippen molar-refractivity contribution in [1.29, 1.82) is 0 Å². The summed E-state index contributed by atoms with van der Waals surface area (Å²) in [5, 5.41) is 0.538. The lowest BCUT2D eigenvalue weighted by Gasteiger charge is -2.01. The summed E-state index contributed by atoms with van der Waals surface area (Å²) >= 11 is 11.6. The van der Waals surface area contributed by atoms with E-state index in [-0.39, 0.29) is 0 Å². The second-order valence-electron chi connectivity index (χ2n) is 2.88. The van der Waals surface area contributed by atoms with Gasteiger partial charge < -0.3 is 0 Å². The molecule has 0 aromatic carbocycles. The van der Waals surface area contributed by atoms with Gasteiger partial charge in [0.05, 0.1) is 10.9 Å². The van der Waals surface area contributed by atoms with E-state index in [9.17, 15) is 0 Å². The fraction of sp³-hybridized carbons (Fsp3) is 0.100. The maximum atomic E-state index is 5.96. The van der Waals surface area contributed by atoms with Gasteiger partial charge in [-0.15, -0.1) is 11.6 Å². The van der Waals surface area contributed by atoms with Crippen molar-refractivity contribution in [1.82, 2.24) is 15.0 Å². The molecule has 2 rings (SSSR count). The van der Waals surface area contributed by atoms with Gasteiger partial charge in [-0.1, -0.05) is 11.6 Å². The fourth-order valence-electron chi connectivity index (χ4n) is 1.10. The molecule has 5 heteroatoms. The summed E-state index contributed by atoms with van der Waals surface area (Å²) in [5.74, 6) is 0.908. The summed E-state index contributed by atoms with van der Waals surface area (Å²) in [6.45, 7) is 0. The number of pyridine rings is 1. The zero-order chi connectivity index (χ0) is 10.7. The largest absolute Gasteiger partial charge is 0.251 e. The zero-order valence-corrected chi connectivity index (χ0v) is 9.20. The maximum absolute atomic E-state index is 5.96. The highest BCUT2D eigenvalue weighted by Crippen LogP contribution is 2.21. The van der Waals surface area contributed by atoms with Gasteiger partial charge in [0.1, 0.15) is 5.69 Å². The van der Waals surface area contributed by atoms with Crippen molar-refractivity contribution in [2.24, 2.45) is 0 Å². The molecule has 0 aliphatic carbocycles. The average molecular weight is 240 g/mol. The first-order valence-electron chi connectivity index (χ1n) is 4.29. The number of hydrogen-bond acceptors (Lipinski definition) is 3. The summed E-state index contributed by atoms with van der Waals surface area (Å²) < 4.78 is 0. The molecule has 3 nitrogen and oxygen atoms in total. The molecule has 0 spiro atoms. The molecular formula is C10H7Cl2N3. The van der Waals surface area contributed by atoms with Crippen LogP contribution in [0.15, 0.2) is 30.7 Å². The van der Waals surface area contributed by atoms with Crippen molar-refractivity contribution < 1.29 is 0 Å². The minimum atomic E-state index is 0.399. The lowest BCUT2D eigenvalue weighted by molar-refractivity contribution is 1.10. The van der Waals surface area contributed by atoms with E-state index in [4.69, 9.17) is 23.2 Å². The van der Waals surface area contributed by atoms with Crippen LogP contribution in [-0.4, -0.2) is 15.0 Å². The van der Waals surface area contributed by atoms with Crippen molar-refractivity contribution in [2.75, 3.05) is 0 Å². The van der Waals surface area contributed by atoms with Crippen LogP contribution in [0.4, 0.5) is 0 Å². The molecule has 15 heavy (non-hydrogen) atoms. The molecule has 0 bridgehead atoms. The lowest BCUT2D eigenvalue weighted by atomic mass is 10.3. The van der Waals surface area contributed by atoms with Crippen molar-refractivity contribution in [3.63, 3.8) is 0 Å². The predicted molar refractivity (Wildman–Crippen MR) is 59.8 cm³/mol. The monoisotopic (exact) mass is 239 g/mol. The molecule has 2 aromatic heterocycles. The molecule has 0 unspecified atom stereocenters. The molecule has 0 saturated heterocycles. The van der Waals surface area contributed by atoms with Crippen LogP contribution in [0.3, 0.4) is 0 Å². The number of rotatable bonds is 2. The molecule has 2 aromatic rings. The highest BCUT2D eigenvalue weighted by Gasteiger charge is 2.06. The van der Waals surface area contributed by atoms with E-state index in [1.807, 2.05) is 0 Å². The van der Waals surface area contributed by atoms with Crippen molar-refractivity contribution >= 4 is 23.2 Å². The second-order valence-corrected chi connectivity index (χ2v) is 3.56. The Morgan fingerprint density at radius 2 is 1.87 bits per heavy atom. The number of alkyl halides is 1. The van der Waals surface area contributed by atoms with E-state index in [1.165, 1.54) is 0 Å². The highest BCUT2D eigenvalue weighted by atomic mass is 35.5. The maximum Gasteiger partial charge on any atom is 0.179 e. The van der Waals surface area contributed by atoms with E-state index < -0.39 is 0 Å². The van der Waals surface area contributed by atoms with Crippen LogP contribution >= 0.6 is 23.2 Å². The Labute approximate surface area is 97.1 Å². The Kier molecular flexibility index (Phi) is 3.14. The first kappa shape index (κ1) is 10.3. The average Bonchev–Trinajstić information content (AvgIpc) is 2.30. The molecule has 0 fully saturated rings. The van der Waals surface area contributed by atoms with Crippen molar-refractivity contribution in [3.8, 4) is 11.5 Å². The predicted octanol–water partition coefficient (Wildman–Crippen LogP) is 2.93. The number of hydrogen-bond donors (Lipinski definition) is 0. The normalized spacial score (nSPS) is 10.3. The summed E-state index contributed by atoms with van der Waals surface area (Å²) in [6.07, 6.45) is 4.99. The van der Waals surface area contributed by atoms with Crippen molar-refractivity contribution in [2.45, 2.75) is 5.88 Å². The van der Waals surface area contributed by atoms with Crippen molar-refractivity contribution in [3.05, 3.63) is 41.3 Å². The summed E-state index contributed by atoms with van der Waals surface area (Å²) in [4.78, 5) is 12.4. The van der Waals surface area contributed by atoms with Gasteiger partial charge in [-0.2, -0.15) is 0 Å². The molecule has 0 saturated carbocycles. The Bertz CT molecular complexity index is 456. The standard InChI is InChI=1S/C10H7Cl2N3/c11-4-7-5-14-10(15-6-7)9-8(12)2-1-3-13-9/h1-3,5-6H,4H2. The minimum Gasteiger partial charge on any atom is -0.251 e. The van der Waals surface area contributed by atoms with Gasteiger partial charge in [0.2, 0.25) is 0 Å². The fourth-order valence-corrected chi connectivity index (χ4v) is 1.44. The van der Waals surface area contributed by atoms with Gasteiger partial charge in [0.25, 0.3) is 0 Å². The molecule has 0 aliphatic heterocycles. The Morgan fingerprint density at radius 1 is 1.13 bits per heavy atom. The van der Waals surface area contributed by atoms with Gasteiger partial charge in [0.15, 0.2) is 5.82 Å². The van der Waals surface area contributed by atoms with Crippen LogP contribution in [-0.2, 0) is 5.88 Å². The van der Waals surface area contributed by atoms with E-state index >= 15 is 0 Å². The van der Waals surface area contributed by atoms with Crippen LogP contribution in [0.25, 0.3) is 11.5 Å². The SMILES string of the molecule is ClCc1cnc(-c2ncccc2Cl)nc1. The third-order valence-electron chi connectivity index (χ3n) is 1.83. The van der Waals surface area contributed by atoms with E-state index in [1.54, 1.807) is 30.7 Å². The third kappa shape index (κ3) is 2.25. The third-order valence-corrected chi connectivity index (χ3v) is 2.44. The first-order chi connectivity index (χ1) is 7.31. The topological polar surface area (TPSA) is 38.7 Å². The second kappa shape index (κ2) is 4.55. The van der Waals surface area contributed by atoms with Gasteiger partial charge in [-0.05, 0) is 12.1 Å². The van der Waals surface area contributed by atoms with E-state index in [0.717, 1.165) is 5.56 Å². The molecule has 2 heterocycles. The van der Waals surface area contributed by atoms with Crippen LogP contribution in [0.1, 0.15) is 5.56 Å². The molecule has 0 radical (unpaired) electrons. The molecule has 0 N–H and O–H groups in total. The quantitative estimate of drug-likeness (QED) is 0.757. The first-order valence-corrected chi connectivity index (χ1v) is 5.20. The summed E-state index contributed by atoms with van der Waals surface area (Å²) in [5.41, 5.74) is 1.45. The smallest absolute Gasteiger partial charge is 0.179 e. The molecular weight excluding hydrogens is 233 g/mol. The summed E-state index contributed by atoms with van der Waals surface area (Å²) in [6, 6.07) is 3.52. The van der Waals surface area contributed by atoms with Gasteiger partial charge in [0, 0.05) is 24.2 Å². The van der Waals surface area contributed by atoms with Crippen LogP contribution in [0.5, 0.6) is 0 Å². The lowest BCUT2D eigenvalue weighted by Crippen LogP contribution is -1.93. The molecule has 0 amide bonds. The zero-order valence-electron chi connectivity index (χ0n) is 7.69. The Balaban J connectivity index is 2.42. The van der Waals surface area contributed by atoms with Crippen LogP contribution in [0, 0.1) is 0 Å². The summed E-state index contributed by atoms with van der Waals surface area (Å²) in [7, 11) is 0. The number of nitrogens with zero attached hydrogens (tertiary/aromatic N) is 3. The molecule has 0 atom stereocenters. The van der Waals surface area contributed by atoms with Crippen LogP contribution < -0.4 is 0 Å². The molecule has 0 aliphatic rings. The van der Waals surface area contributed by atoms with Gasteiger partial charge >= 0.3 is 0 Å².